The maximum absolute atomic E-state index is 11.6. The number of carbonyl (C=O) groups is 1. The summed E-state index contributed by atoms with van der Waals surface area (Å²) >= 11 is 0. The van der Waals surface area contributed by atoms with E-state index in [1.807, 2.05) is 6.92 Å². The molecule has 0 bridgehead atoms. The van der Waals surface area contributed by atoms with Gasteiger partial charge in [-0.25, -0.2) is 0 Å². The van der Waals surface area contributed by atoms with Crippen molar-refractivity contribution in [2.24, 2.45) is 11.7 Å². The van der Waals surface area contributed by atoms with Gasteiger partial charge >= 0.3 is 5.97 Å². The van der Waals surface area contributed by atoms with Crippen LogP contribution < -0.4 is 11.1 Å². The van der Waals surface area contributed by atoms with E-state index in [-0.39, 0.29) is 11.9 Å². The maximum Gasteiger partial charge on any atom is 0.309 e. The Bertz CT molecular complexity index is 198. The molecule has 0 spiro atoms. The molecule has 1 unspecified atom stereocenters. The number of rotatable bonds is 12. The monoisotopic (exact) mass is 258 g/mol. The van der Waals surface area contributed by atoms with Crippen molar-refractivity contribution < 1.29 is 9.53 Å². The van der Waals surface area contributed by atoms with Crippen molar-refractivity contribution in [1.82, 2.24) is 5.32 Å². The molecular formula is C14H30N2O2. The lowest BCUT2D eigenvalue weighted by atomic mass is 10.1. The largest absolute Gasteiger partial charge is 0.465 e. The summed E-state index contributed by atoms with van der Waals surface area (Å²) in [6.07, 6.45) is 7.26. The fourth-order valence-electron chi connectivity index (χ4n) is 1.70. The van der Waals surface area contributed by atoms with Gasteiger partial charge in [0, 0.05) is 19.6 Å². The lowest BCUT2D eigenvalue weighted by Gasteiger charge is -2.12. The Labute approximate surface area is 112 Å². The molecule has 108 valence electrons. The van der Waals surface area contributed by atoms with Gasteiger partial charge in [0.05, 0.1) is 12.5 Å². The van der Waals surface area contributed by atoms with E-state index in [1.165, 1.54) is 25.7 Å². The summed E-state index contributed by atoms with van der Waals surface area (Å²) in [5.74, 6) is -0.190. The molecular weight excluding hydrogens is 228 g/mol. The van der Waals surface area contributed by atoms with Crippen molar-refractivity contribution in [3.8, 4) is 0 Å². The van der Waals surface area contributed by atoms with Crippen molar-refractivity contribution in [1.29, 1.82) is 0 Å². The van der Waals surface area contributed by atoms with Gasteiger partial charge in [-0.2, -0.15) is 0 Å². The number of ether oxygens (including phenoxy) is 1. The smallest absolute Gasteiger partial charge is 0.309 e. The first kappa shape index (κ1) is 17.4. The van der Waals surface area contributed by atoms with Crippen LogP contribution in [0.1, 0.15) is 52.4 Å². The molecule has 0 aromatic rings. The molecule has 0 aliphatic heterocycles. The van der Waals surface area contributed by atoms with E-state index < -0.39 is 0 Å². The van der Waals surface area contributed by atoms with E-state index >= 15 is 0 Å². The summed E-state index contributed by atoms with van der Waals surface area (Å²) < 4.78 is 5.23. The molecule has 0 aromatic carbocycles. The zero-order valence-electron chi connectivity index (χ0n) is 12.0. The lowest BCUT2D eigenvalue weighted by molar-refractivity contribution is -0.147. The number of esters is 1. The van der Waals surface area contributed by atoms with Gasteiger partial charge in [-0.3, -0.25) is 4.79 Å². The first-order valence-corrected chi connectivity index (χ1v) is 7.29. The summed E-state index contributed by atoms with van der Waals surface area (Å²) in [6, 6.07) is 0. The van der Waals surface area contributed by atoms with Crippen LogP contribution in [0, 0.1) is 5.92 Å². The number of carbonyl (C=O) groups excluding carboxylic acids is 1. The number of unbranched alkanes of at least 4 members (excludes halogenated alkanes) is 5. The highest BCUT2D eigenvalue weighted by molar-refractivity contribution is 5.72. The predicted molar refractivity (Wildman–Crippen MR) is 75.4 cm³/mol. The molecule has 0 heterocycles. The van der Waals surface area contributed by atoms with Crippen LogP contribution in [0.4, 0.5) is 0 Å². The van der Waals surface area contributed by atoms with Crippen molar-refractivity contribution in [3.05, 3.63) is 0 Å². The molecule has 0 rings (SSSR count). The third-order valence-electron chi connectivity index (χ3n) is 2.92. The minimum absolute atomic E-state index is 0.0864. The van der Waals surface area contributed by atoms with Gasteiger partial charge in [0.2, 0.25) is 0 Å². The molecule has 0 aromatic heterocycles. The first-order valence-electron chi connectivity index (χ1n) is 7.29. The summed E-state index contributed by atoms with van der Waals surface area (Å²) in [4.78, 5) is 11.6. The van der Waals surface area contributed by atoms with Gasteiger partial charge in [0.1, 0.15) is 0 Å². The molecule has 0 amide bonds. The van der Waals surface area contributed by atoms with Gasteiger partial charge in [0.15, 0.2) is 0 Å². The molecule has 4 heteroatoms. The zero-order valence-corrected chi connectivity index (χ0v) is 12.0. The second-order valence-corrected chi connectivity index (χ2v) is 4.83. The van der Waals surface area contributed by atoms with E-state index in [9.17, 15) is 4.79 Å². The summed E-state index contributed by atoms with van der Waals surface area (Å²) in [5.41, 5.74) is 5.36. The Hall–Kier alpha value is -0.610. The molecule has 18 heavy (non-hydrogen) atoms. The van der Waals surface area contributed by atoms with Crippen LogP contribution in [0.2, 0.25) is 0 Å². The second-order valence-electron chi connectivity index (χ2n) is 4.83. The van der Waals surface area contributed by atoms with Crippen LogP contribution in [0.3, 0.4) is 0 Å². The van der Waals surface area contributed by atoms with Gasteiger partial charge in [-0.15, -0.1) is 0 Å². The summed E-state index contributed by atoms with van der Waals surface area (Å²) in [5, 5.41) is 3.11. The highest BCUT2D eigenvalue weighted by Gasteiger charge is 2.13. The van der Waals surface area contributed by atoms with Crippen molar-refractivity contribution in [2.75, 3.05) is 26.2 Å². The molecule has 0 saturated heterocycles. The van der Waals surface area contributed by atoms with Gasteiger partial charge in [-0.1, -0.05) is 46.0 Å². The Balaban J connectivity index is 3.35. The van der Waals surface area contributed by atoms with Gasteiger partial charge < -0.3 is 15.8 Å². The fourth-order valence-corrected chi connectivity index (χ4v) is 1.70. The number of hydrogen-bond donors (Lipinski definition) is 2. The van der Waals surface area contributed by atoms with E-state index in [4.69, 9.17) is 10.5 Å². The number of hydrogen-bond acceptors (Lipinski definition) is 4. The zero-order chi connectivity index (χ0) is 13.6. The van der Waals surface area contributed by atoms with E-state index in [2.05, 4.69) is 12.2 Å². The molecule has 0 radical (unpaired) electrons. The third-order valence-corrected chi connectivity index (χ3v) is 2.92. The van der Waals surface area contributed by atoms with Crippen LogP contribution in [-0.4, -0.2) is 32.2 Å². The van der Waals surface area contributed by atoms with Crippen LogP contribution in [0.25, 0.3) is 0 Å². The standard InChI is InChI=1S/C14H30N2O2/c1-3-4-5-6-7-8-11-18-14(17)13(2)12-16-10-9-15/h13,16H,3-12,15H2,1-2H3. The average molecular weight is 258 g/mol. The Morgan fingerprint density at radius 2 is 1.89 bits per heavy atom. The fraction of sp³-hybridized carbons (Fsp3) is 0.929. The molecule has 0 aliphatic carbocycles. The van der Waals surface area contributed by atoms with E-state index in [0.29, 0.717) is 19.7 Å². The molecule has 0 aliphatic rings. The Kier molecular flexibility index (Phi) is 12.4. The van der Waals surface area contributed by atoms with Crippen LogP contribution >= 0.6 is 0 Å². The minimum atomic E-state index is -0.104. The van der Waals surface area contributed by atoms with Crippen molar-refractivity contribution in [3.63, 3.8) is 0 Å². The highest BCUT2D eigenvalue weighted by Crippen LogP contribution is 2.05. The van der Waals surface area contributed by atoms with E-state index in [0.717, 1.165) is 19.4 Å². The molecule has 1 atom stereocenters. The molecule has 4 nitrogen and oxygen atoms in total. The quantitative estimate of drug-likeness (QED) is 0.415. The van der Waals surface area contributed by atoms with E-state index in [1.54, 1.807) is 0 Å². The van der Waals surface area contributed by atoms with Gasteiger partial charge in [-0.05, 0) is 6.42 Å². The van der Waals surface area contributed by atoms with Gasteiger partial charge in [0.25, 0.3) is 0 Å². The summed E-state index contributed by atoms with van der Waals surface area (Å²) in [6.45, 7) is 6.64. The predicted octanol–water partition coefficient (Wildman–Crippen LogP) is 2.07. The van der Waals surface area contributed by atoms with Crippen LogP contribution in [-0.2, 0) is 9.53 Å². The normalized spacial score (nSPS) is 12.4. The second kappa shape index (κ2) is 12.8. The van der Waals surface area contributed by atoms with Crippen LogP contribution in [0.5, 0.6) is 0 Å². The SMILES string of the molecule is CCCCCCCCOC(=O)C(C)CNCCN. The summed E-state index contributed by atoms with van der Waals surface area (Å²) in [7, 11) is 0. The molecule has 3 N–H and O–H groups in total. The Morgan fingerprint density at radius 1 is 1.22 bits per heavy atom. The van der Waals surface area contributed by atoms with Crippen molar-refractivity contribution >= 4 is 5.97 Å². The van der Waals surface area contributed by atoms with Crippen molar-refractivity contribution in [2.45, 2.75) is 52.4 Å². The highest BCUT2D eigenvalue weighted by atomic mass is 16.5. The average Bonchev–Trinajstić information content (AvgIpc) is 2.37. The third kappa shape index (κ3) is 10.5. The topological polar surface area (TPSA) is 64.3 Å². The minimum Gasteiger partial charge on any atom is -0.465 e. The Morgan fingerprint density at radius 3 is 2.56 bits per heavy atom. The maximum atomic E-state index is 11.6. The molecule has 0 saturated carbocycles. The number of nitrogens with one attached hydrogen (secondary N) is 1. The lowest BCUT2D eigenvalue weighted by Crippen LogP contribution is -2.31. The number of nitrogens with two attached hydrogens (primary N) is 1. The van der Waals surface area contributed by atoms with Crippen LogP contribution in [0.15, 0.2) is 0 Å². The first-order chi connectivity index (χ1) is 8.72. The molecule has 0 fully saturated rings.